The Kier molecular flexibility index (Phi) is 19.5. The Morgan fingerprint density at radius 1 is 0.650 bits per heavy atom. The summed E-state index contributed by atoms with van der Waals surface area (Å²) in [6.07, 6.45) is 19.1. The predicted octanol–water partition coefficient (Wildman–Crippen LogP) is 5.34. The molecule has 0 saturated carbocycles. The maximum Gasteiger partial charge on any atom is 0.0305 e. The zero-order chi connectivity index (χ0) is 14.7. The Bertz CT molecular complexity index is 150. The van der Waals surface area contributed by atoms with E-state index in [9.17, 15) is 5.26 Å². The van der Waals surface area contributed by atoms with Crippen LogP contribution in [-0.2, 0) is 9.37 Å². The Morgan fingerprint density at radius 3 is 1.45 bits per heavy atom. The Balaban J connectivity index is 2.89. The van der Waals surface area contributed by atoms with Gasteiger partial charge in [0.15, 0.2) is 0 Å². The summed E-state index contributed by atoms with van der Waals surface area (Å²) in [6, 6.07) is 0. The highest BCUT2D eigenvalue weighted by Gasteiger charge is 1.94. The van der Waals surface area contributed by atoms with Crippen LogP contribution in [0, 0.1) is 0 Å². The first kappa shape index (κ1) is 20.2. The van der Waals surface area contributed by atoms with Crippen LogP contribution in [0.25, 0.3) is 0 Å². The molecule has 0 spiro atoms. The van der Waals surface area contributed by atoms with E-state index in [4.69, 9.17) is 0 Å². The van der Waals surface area contributed by atoms with Crippen molar-refractivity contribution >= 4 is 12.0 Å². The molecule has 20 heavy (non-hydrogen) atoms. The molecule has 0 rings (SSSR count). The minimum absolute atomic E-state index is 0.847. The molecule has 0 aliphatic rings. The van der Waals surface area contributed by atoms with Crippen LogP contribution in [0.15, 0.2) is 0 Å². The molecule has 0 bridgehead atoms. The van der Waals surface area contributed by atoms with Gasteiger partial charge in [-0.2, -0.15) is 4.33 Å². The van der Waals surface area contributed by atoms with E-state index in [0.717, 1.165) is 24.2 Å². The van der Waals surface area contributed by atoms with Crippen LogP contribution < -0.4 is 5.26 Å². The first-order valence-electron chi connectivity index (χ1n) is 8.50. The molecule has 0 aromatic heterocycles. The SMILES string of the molecule is CCCCCCCCCCCCCCCCSOO[O-]. The Labute approximate surface area is 129 Å². The molecule has 0 aromatic rings. The average molecular weight is 306 g/mol. The zero-order valence-corrected chi connectivity index (χ0v) is 14.1. The van der Waals surface area contributed by atoms with Gasteiger partial charge in [-0.3, -0.25) is 5.04 Å². The fourth-order valence-corrected chi connectivity index (χ4v) is 2.84. The lowest BCUT2D eigenvalue weighted by atomic mass is 10.0. The van der Waals surface area contributed by atoms with Crippen LogP contribution in [-0.4, -0.2) is 5.75 Å². The van der Waals surface area contributed by atoms with Crippen molar-refractivity contribution in [2.45, 2.75) is 96.8 Å². The summed E-state index contributed by atoms with van der Waals surface area (Å²) in [4.78, 5) is 0. The predicted molar refractivity (Wildman–Crippen MR) is 84.9 cm³/mol. The second-order valence-electron chi connectivity index (χ2n) is 5.55. The van der Waals surface area contributed by atoms with E-state index in [0.29, 0.717) is 0 Å². The Morgan fingerprint density at radius 2 is 1.05 bits per heavy atom. The van der Waals surface area contributed by atoms with Crippen molar-refractivity contribution in [2.24, 2.45) is 0 Å². The van der Waals surface area contributed by atoms with E-state index in [1.54, 1.807) is 0 Å². The van der Waals surface area contributed by atoms with E-state index in [-0.39, 0.29) is 0 Å². The van der Waals surface area contributed by atoms with E-state index < -0.39 is 0 Å². The summed E-state index contributed by atoms with van der Waals surface area (Å²) in [7, 11) is 0. The molecule has 0 atom stereocenters. The van der Waals surface area contributed by atoms with Crippen molar-refractivity contribution in [3.05, 3.63) is 0 Å². The van der Waals surface area contributed by atoms with E-state index in [1.807, 2.05) is 0 Å². The summed E-state index contributed by atoms with van der Waals surface area (Å²) in [5.41, 5.74) is 0. The molecule has 122 valence electrons. The van der Waals surface area contributed by atoms with Gasteiger partial charge in [-0.25, -0.2) is 0 Å². The summed E-state index contributed by atoms with van der Waals surface area (Å²) < 4.78 is 4.21. The lowest BCUT2D eigenvalue weighted by molar-refractivity contribution is -0.777. The molecule has 0 heterocycles. The van der Waals surface area contributed by atoms with Crippen molar-refractivity contribution < 1.29 is 14.6 Å². The van der Waals surface area contributed by atoms with Crippen molar-refractivity contribution in [1.82, 2.24) is 0 Å². The molecule has 0 fully saturated rings. The van der Waals surface area contributed by atoms with Gasteiger partial charge >= 0.3 is 0 Å². The maximum atomic E-state index is 9.53. The van der Waals surface area contributed by atoms with Gasteiger partial charge < -0.3 is 5.26 Å². The zero-order valence-electron chi connectivity index (χ0n) is 13.2. The quantitative estimate of drug-likeness (QED) is 0.157. The fraction of sp³-hybridized carbons (Fsp3) is 1.00. The number of unbranched alkanes of at least 4 members (excludes halogenated alkanes) is 13. The normalized spacial score (nSPS) is 11.1. The van der Waals surface area contributed by atoms with Gasteiger partial charge in [-0.1, -0.05) is 90.4 Å². The van der Waals surface area contributed by atoms with E-state index >= 15 is 0 Å². The van der Waals surface area contributed by atoms with E-state index in [2.05, 4.69) is 16.3 Å². The number of hydrogen-bond acceptors (Lipinski definition) is 4. The topological polar surface area (TPSA) is 41.5 Å². The fourth-order valence-electron chi connectivity index (χ4n) is 2.41. The molecule has 0 aliphatic carbocycles. The molecule has 0 amide bonds. The van der Waals surface area contributed by atoms with Crippen molar-refractivity contribution in [3.8, 4) is 0 Å². The number of hydrogen-bond donors (Lipinski definition) is 0. The van der Waals surface area contributed by atoms with Gasteiger partial charge in [0.1, 0.15) is 0 Å². The molecule has 4 heteroatoms. The van der Waals surface area contributed by atoms with Crippen molar-refractivity contribution in [2.75, 3.05) is 5.75 Å². The van der Waals surface area contributed by atoms with Gasteiger partial charge in [0, 0.05) is 17.8 Å². The van der Waals surface area contributed by atoms with Crippen LogP contribution in [0.3, 0.4) is 0 Å². The second-order valence-corrected chi connectivity index (χ2v) is 6.33. The monoisotopic (exact) mass is 305 g/mol. The first-order chi connectivity index (χ1) is 9.91. The smallest absolute Gasteiger partial charge is 0.0305 e. The minimum atomic E-state index is 0.847. The molecular formula is C16H33O3S-. The molecule has 0 saturated heterocycles. The van der Waals surface area contributed by atoms with Crippen molar-refractivity contribution in [3.63, 3.8) is 0 Å². The molecule has 0 aromatic carbocycles. The molecule has 0 aliphatic heterocycles. The lowest BCUT2D eigenvalue weighted by Gasteiger charge is -2.04. The van der Waals surface area contributed by atoms with E-state index in [1.165, 1.54) is 83.5 Å². The highest BCUT2D eigenvalue weighted by atomic mass is 32.2. The summed E-state index contributed by atoms with van der Waals surface area (Å²) in [6.45, 7) is 2.27. The summed E-state index contributed by atoms with van der Waals surface area (Å²) in [5, 5.41) is 12.8. The van der Waals surface area contributed by atoms with Crippen LogP contribution in [0.2, 0.25) is 0 Å². The van der Waals surface area contributed by atoms with Gasteiger partial charge in [0.05, 0.1) is 0 Å². The average Bonchev–Trinajstić information content (AvgIpc) is 2.47. The molecule has 0 radical (unpaired) electrons. The largest absolute Gasteiger partial charge is 0.691 e. The third-order valence-electron chi connectivity index (χ3n) is 3.66. The van der Waals surface area contributed by atoms with Gasteiger partial charge in [0.25, 0.3) is 0 Å². The van der Waals surface area contributed by atoms with Gasteiger partial charge in [0.2, 0.25) is 0 Å². The standard InChI is InChI=1S/C16H34O3S/c1-2-3-4-5-6-7-8-9-10-11-12-13-14-15-16-20-19-18-17/h17H,2-16H2,1H3/p-1. The summed E-state index contributed by atoms with van der Waals surface area (Å²) in [5.74, 6) is 0.847. The van der Waals surface area contributed by atoms with Gasteiger partial charge in [-0.15, -0.1) is 0 Å². The van der Waals surface area contributed by atoms with Crippen LogP contribution in [0.4, 0.5) is 0 Å². The second kappa shape index (κ2) is 19.2. The Hall–Kier alpha value is 0.230. The van der Waals surface area contributed by atoms with Crippen LogP contribution in [0.1, 0.15) is 96.8 Å². The summed E-state index contributed by atoms with van der Waals surface area (Å²) >= 11 is 1.10. The maximum absolute atomic E-state index is 9.53. The first-order valence-corrected chi connectivity index (χ1v) is 9.41. The van der Waals surface area contributed by atoms with Crippen LogP contribution >= 0.6 is 12.0 Å². The minimum Gasteiger partial charge on any atom is -0.691 e. The van der Waals surface area contributed by atoms with Gasteiger partial charge in [-0.05, 0) is 6.42 Å². The lowest BCUT2D eigenvalue weighted by Crippen LogP contribution is -2.01. The molecule has 0 unspecified atom stereocenters. The third kappa shape index (κ3) is 18.2. The third-order valence-corrected chi connectivity index (χ3v) is 4.26. The molecule has 0 N–H and O–H groups in total. The highest BCUT2D eigenvalue weighted by Crippen LogP contribution is 2.13. The molecule has 3 nitrogen and oxygen atoms in total. The van der Waals surface area contributed by atoms with Crippen LogP contribution in [0.5, 0.6) is 0 Å². The molecular weight excluding hydrogens is 272 g/mol. The van der Waals surface area contributed by atoms with Crippen molar-refractivity contribution in [1.29, 1.82) is 0 Å². The highest BCUT2D eigenvalue weighted by molar-refractivity contribution is 7.94. The number of rotatable bonds is 17.